The first-order valence-electron chi connectivity index (χ1n) is 2.98. The highest BCUT2D eigenvalue weighted by atomic mass is 32.2. The molecule has 1 rings (SSSR count). The molecular formula is C5H10N2OS. The zero-order valence-electron chi connectivity index (χ0n) is 5.41. The minimum atomic E-state index is 0.396. The van der Waals surface area contributed by atoms with Gasteiger partial charge < -0.3 is 0 Å². The molecule has 0 aromatic carbocycles. The molecule has 0 bridgehead atoms. The number of hydrogen-bond donors (Lipinski definition) is 0. The largest absolute Gasteiger partial charge is 0.260 e. The SMILES string of the molecule is CN(N=O)C1CCSC1. The summed E-state index contributed by atoms with van der Waals surface area (Å²) in [6.07, 6.45) is 1.10. The van der Waals surface area contributed by atoms with Gasteiger partial charge >= 0.3 is 0 Å². The quantitative estimate of drug-likeness (QED) is 0.432. The average molecular weight is 146 g/mol. The minimum absolute atomic E-state index is 0.396. The lowest BCUT2D eigenvalue weighted by Gasteiger charge is -2.14. The number of rotatable bonds is 2. The van der Waals surface area contributed by atoms with Crippen molar-refractivity contribution in [2.45, 2.75) is 12.5 Å². The van der Waals surface area contributed by atoms with Crippen LogP contribution in [0.2, 0.25) is 0 Å². The van der Waals surface area contributed by atoms with Crippen LogP contribution in [-0.4, -0.2) is 29.6 Å². The van der Waals surface area contributed by atoms with Gasteiger partial charge in [0.15, 0.2) is 0 Å². The van der Waals surface area contributed by atoms with E-state index in [2.05, 4.69) is 5.29 Å². The van der Waals surface area contributed by atoms with Crippen molar-refractivity contribution < 1.29 is 0 Å². The smallest absolute Gasteiger partial charge is 0.0597 e. The Morgan fingerprint density at radius 1 is 1.78 bits per heavy atom. The summed E-state index contributed by atoms with van der Waals surface area (Å²) in [6.45, 7) is 0. The van der Waals surface area contributed by atoms with Crippen molar-refractivity contribution in [3.8, 4) is 0 Å². The molecule has 0 saturated carbocycles. The molecule has 1 aliphatic heterocycles. The van der Waals surface area contributed by atoms with Crippen molar-refractivity contribution >= 4 is 11.8 Å². The predicted molar refractivity (Wildman–Crippen MR) is 39.3 cm³/mol. The Hall–Kier alpha value is -0.250. The van der Waals surface area contributed by atoms with Crippen molar-refractivity contribution in [1.29, 1.82) is 0 Å². The molecule has 0 amide bonds. The number of nitrogens with zero attached hydrogens (tertiary/aromatic N) is 2. The second-order valence-electron chi connectivity index (χ2n) is 2.17. The van der Waals surface area contributed by atoms with Crippen molar-refractivity contribution in [1.82, 2.24) is 5.01 Å². The second-order valence-corrected chi connectivity index (χ2v) is 3.32. The van der Waals surface area contributed by atoms with E-state index < -0.39 is 0 Å². The molecule has 1 fully saturated rings. The highest BCUT2D eigenvalue weighted by molar-refractivity contribution is 7.99. The summed E-state index contributed by atoms with van der Waals surface area (Å²) in [6, 6.07) is 0.396. The minimum Gasteiger partial charge on any atom is -0.260 e. The van der Waals surface area contributed by atoms with E-state index in [9.17, 15) is 4.91 Å². The van der Waals surface area contributed by atoms with Gasteiger partial charge in [-0.3, -0.25) is 5.01 Å². The highest BCUT2D eigenvalue weighted by Gasteiger charge is 2.19. The molecule has 1 heterocycles. The predicted octanol–water partition coefficient (Wildman–Crippen LogP) is 1.11. The van der Waals surface area contributed by atoms with Crippen LogP contribution < -0.4 is 0 Å². The molecule has 0 aromatic rings. The van der Waals surface area contributed by atoms with Gasteiger partial charge in [-0.1, -0.05) is 0 Å². The molecule has 9 heavy (non-hydrogen) atoms. The van der Waals surface area contributed by atoms with E-state index in [1.807, 2.05) is 11.8 Å². The van der Waals surface area contributed by atoms with Crippen molar-refractivity contribution in [2.75, 3.05) is 18.6 Å². The Kier molecular flexibility index (Phi) is 2.33. The molecule has 1 unspecified atom stereocenters. The van der Waals surface area contributed by atoms with Crippen LogP contribution in [0.25, 0.3) is 0 Å². The van der Waals surface area contributed by atoms with Gasteiger partial charge in [0.2, 0.25) is 0 Å². The molecule has 4 heteroatoms. The third-order valence-corrected chi connectivity index (χ3v) is 2.71. The van der Waals surface area contributed by atoms with E-state index in [4.69, 9.17) is 0 Å². The Bertz CT molecular complexity index is 103. The van der Waals surface area contributed by atoms with Crippen LogP contribution in [0, 0.1) is 4.91 Å². The molecule has 0 radical (unpaired) electrons. The van der Waals surface area contributed by atoms with Gasteiger partial charge in [0.25, 0.3) is 0 Å². The molecule has 0 N–H and O–H groups in total. The fourth-order valence-corrected chi connectivity index (χ4v) is 2.14. The van der Waals surface area contributed by atoms with E-state index in [0.717, 1.165) is 12.2 Å². The van der Waals surface area contributed by atoms with Gasteiger partial charge in [-0.15, -0.1) is 4.91 Å². The van der Waals surface area contributed by atoms with E-state index in [-0.39, 0.29) is 0 Å². The van der Waals surface area contributed by atoms with Crippen LogP contribution in [0.3, 0.4) is 0 Å². The fourth-order valence-electron chi connectivity index (χ4n) is 0.883. The van der Waals surface area contributed by atoms with Gasteiger partial charge in [0.05, 0.1) is 11.3 Å². The first-order chi connectivity index (χ1) is 4.34. The molecular weight excluding hydrogens is 136 g/mol. The summed E-state index contributed by atoms with van der Waals surface area (Å²) in [5.74, 6) is 2.23. The number of thioether (sulfide) groups is 1. The van der Waals surface area contributed by atoms with Gasteiger partial charge in [-0.25, -0.2) is 0 Å². The standard InChI is InChI=1S/C5H10N2OS/c1-7(6-8)5-2-3-9-4-5/h5H,2-4H2,1H3. The summed E-state index contributed by atoms with van der Waals surface area (Å²) in [4.78, 5) is 9.96. The zero-order chi connectivity index (χ0) is 6.69. The molecule has 0 aromatic heterocycles. The van der Waals surface area contributed by atoms with Crippen molar-refractivity contribution in [3.63, 3.8) is 0 Å². The van der Waals surface area contributed by atoms with E-state index in [1.54, 1.807) is 7.05 Å². The fraction of sp³-hybridized carbons (Fsp3) is 1.00. The second kappa shape index (κ2) is 3.06. The monoisotopic (exact) mass is 146 g/mol. The maximum atomic E-state index is 9.96. The van der Waals surface area contributed by atoms with Crippen molar-refractivity contribution in [2.24, 2.45) is 5.29 Å². The zero-order valence-corrected chi connectivity index (χ0v) is 6.23. The first-order valence-corrected chi connectivity index (χ1v) is 4.14. The maximum absolute atomic E-state index is 9.96. The summed E-state index contributed by atoms with van der Waals surface area (Å²) < 4.78 is 0. The third kappa shape index (κ3) is 1.58. The van der Waals surface area contributed by atoms with Crippen LogP contribution in [0.15, 0.2) is 5.29 Å². The summed E-state index contributed by atoms with van der Waals surface area (Å²) >= 11 is 1.89. The highest BCUT2D eigenvalue weighted by Crippen LogP contribution is 2.20. The number of hydrogen-bond acceptors (Lipinski definition) is 3. The van der Waals surface area contributed by atoms with Gasteiger partial charge in [-0.05, 0) is 12.2 Å². The lowest BCUT2D eigenvalue weighted by atomic mass is 10.3. The molecule has 1 aliphatic rings. The Balaban J connectivity index is 2.32. The summed E-state index contributed by atoms with van der Waals surface area (Å²) in [7, 11) is 1.74. The summed E-state index contributed by atoms with van der Waals surface area (Å²) in [5, 5.41) is 4.35. The molecule has 1 atom stereocenters. The Morgan fingerprint density at radius 3 is 3.00 bits per heavy atom. The van der Waals surface area contributed by atoms with Crippen molar-refractivity contribution in [3.05, 3.63) is 4.91 Å². The first kappa shape index (κ1) is 6.86. The van der Waals surface area contributed by atoms with E-state index >= 15 is 0 Å². The molecule has 1 saturated heterocycles. The molecule has 0 spiro atoms. The Morgan fingerprint density at radius 2 is 2.56 bits per heavy atom. The lowest BCUT2D eigenvalue weighted by Crippen LogP contribution is -2.25. The van der Waals surface area contributed by atoms with Gasteiger partial charge in [0, 0.05) is 12.8 Å². The molecule has 0 aliphatic carbocycles. The van der Waals surface area contributed by atoms with E-state index in [1.165, 1.54) is 10.8 Å². The normalized spacial score (nSPS) is 26.1. The van der Waals surface area contributed by atoms with Gasteiger partial charge in [0.1, 0.15) is 0 Å². The molecule has 3 nitrogen and oxygen atoms in total. The summed E-state index contributed by atoms with van der Waals surface area (Å²) in [5.41, 5.74) is 0. The number of nitroso groups, excluding NO2 is 1. The van der Waals surface area contributed by atoms with Crippen LogP contribution in [0.1, 0.15) is 6.42 Å². The van der Waals surface area contributed by atoms with Crippen LogP contribution in [0.5, 0.6) is 0 Å². The van der Waals surface area contributed by atoms with Gasteiger partial charge in [-0.2, -0.15) is 11.8 Å². The van der Waals surface area contributed by atoms with Crippen LogP contribution in [-0.2, 0) is 0 Å². The maximum Gasteiger partial charge on any atom is 0.0597 e. The lowest BCUT2D eigenvalue weighted by molar-refractivity contribution is 0.272. The topological polar surface area (TPSA) is 32.7 Å². The average Bonchev–Trinajstić information content (AvgIpc) is 2.37. The van der Waals surface area contributed by atoms with E-state index in [0.29, 0.717) is 6.04 Å². The Labute approximate surface area is 58.7 Å². The van der Waals surface area contributed by atoms with Crippen LogP contribution >= 0.6 is 11.8 Å². The van der Waals surface area contributed by atoms with Crippen LogP contribution in [0.4, 0.5) is 0 Å². The molecule has 52 valence electrons. The third-order valence-electron chi connectivity index (χ3n) is 1.56.